The first-order valence-corrected chi connectivity index (χ1v) is 10.6. The van der Waals surface area contributed by atoms with Crippen LogP contribution in [0.2, 0.25) is 0 Å². The maximum atomic E-state index is 12.9. The number of sulfonamides is 1. The first kappa shape index (κ1) is 19.3. The lowest BCUT2D eigenvalue weighted by molar-refractivity contribution is -0.142. The summed E-state index contributed by atoms with van der Waals surface area (Å²) in [5.41, 5.74) is 0.389. The van der Waals surface area contributed by atoms with Crippen LogP contribution in [0.15, 0.2) is 9.42 Å². The molecule has 2 saturated heterocycles. The van der Waals surface area contributed by atoms with Gasteiger partial charge in [-0.3, -0.25) is 9.69 Å². The summed E-state index contributed by atoms with van der Waals surface area (Å²) in [4.78, 5) is 17.0. The van der Waals surface area contributed by atoms with Crippen LogP contribution >= 0.6 is 0 Å². The number of hydrogen-bond acceptors (Lipinski definition) is 6. The van der Waals surface area contributed by atoms with Crippen molar-refractivity contribution in [3.05, 3.63) is 11.5 Å². The monoisotopic (exact) mass is 384 g/mol. The highest BCUT2D eigenvalue weighted by Gasteiger charge is 2.38. The molecular formula is C17H28N4O4S. The highest BCUT2D eigenvalue weighted by atomic mass is 32.2. The number of carbonyl (C=O) groups is 1. The molecule has 0 spiro atoms. The Labute approximate surface area is 155 Å². The molecule has 0 radical (unpaired) electrons. The summed E-state index contributed by atoms with van der Waals surface area (Å²) in [6, 6.07) is 0.0709. The van der Waals surface area contributed by atoms with Gasteiger partial charge in [0.25, 0.3) is 0 Å². The zero-order valence-electron chi connectivity index (χ0n) is 15.9. The third-order valence-electron chi connectivity index (χ3n) is 5.35. The van der Waals surface area contributed by atoms with E-state index in [0.717, 1.165) is 19.4 Å². The number of rotatable bonds is 4. The molecule has 0 aromatic carbocycles. The zero-order chi connectivity index (χ0) is 19.1. The highest BCUT2D eigenvalue weighted by Crippen LogP contribution is 2.26. The molecule has 1 atom stereocenters. The molecule has 0 saturated carbocycles. The van der Waals surface area contributed by atoms with E-state index in [9.17, 15) is 13.2 Å². The van der Waals surface area contributed by atoms with Gasteiger partial charge in [0.2, 0.25) is 15.9 Å². The fourth-order valence-electron chi connectivity index (χ4n) is 3.96. The van der Waals surface area contributed by atoms with Crippen molar-refractivity contribution in [3.63, 3.8) is 0 Å². The number of amides is 1. The van der Waals surface area contributed by atoms with E-state index in [1.807, 2.05) is 18.7 Å². The lowest BCUT2D eigenvalue weighted by atomic mass is 10.0. The van der Waals surface area contributed by atoms with Crippen LogP contribution in [0.1, 0.15) is 38.1 Å². The van der Waals surface area contributed by atoms with Crippen molar-refractivity contribution in [1.82, 2.24) is 19.3 Å². The van der Waals surface area contributed by atoms with E-state index in [1.54, 1.807) is 13.8 Å². The van der Waals surface area contributed by atoms with Gasteiger partial charge in [-0.1, -0.05) is 5.16 Å². The Hall–Kier alpha value is -1.45. The number of piperidine rings is 1. The maximum Gasteiger partial charge on any atom is 0.248 e. The van der Waals surface area contributed by atoms with Crippen molar-refractivity contribution < 1.29 is 17.7 Å². The summed E-state index contributed by atoms with van der Waals surface area (Å²) in [7, 11) is -3.62. The predicted octanol–water partition coefficient (Wildman–Crippen LogP) is 0.997. The number of aryl methyl sites for hydroxylation is 2. The van der Waals surface area contributed by atoms with Gasteiger partial charge in [0.1, 0.15) is 10.6 Å². The second-order valence-electron chi connectivity index (χ2n) is 7.38. The second-order valence-corrected chi connectivity index (χ2v) is 9.25. The van der Waals surface area contributed by atoms with Gasteiger partial charge in [-0.15, -0.1) is 0 Å². The van der Waals surface area contributed by atoms with Crippen LogP contribution in [-0.2, 0) is 14.8 Å². The molecule has 0 bridgehead atoms. The molecule has 3 heterocycles. The molecule has 8 nitrogen and oxygen atoms in total. The van der Waals surface area contributed by atoms with Crippen molar-refractivity contribution in [1.29, 1.82) is 0 Å². The minimum atomic E-state index is -3.62. The third kappa shape index (κ3) is 3.39. The van der Waals surface area contributed by atoms with Crippen molar-refractivity contribution in [2.45, 2.75) is 57.5 Å². The number of nitrogens with zero attached hydrogens (tertiary/aromatic N) is 4. The van der Waals surface area contributed by atoms with Crippen molar-refractivity contribution >= 4 is 15.9 Å². The van der Waals surface area contributed by atoms with Crippen LogP contribution in [0.25, 0.3) is 0 Å². The Morgan fingerprint density at radius 1 is 1.12 bits per heavy atom. The second kappa shape index (κ2) is 7.28. The van der Waals surface area contributed by atoms with Crippen LogP contribution in [0, 0.1) is 13.8 Å². The van der Waals surface area contributed by atoms with Gasteiger partial charge in [0.15, 0.2) is 5.76 Å². The lowest BCUT2D eigenvalue weighted by Gasteiger charge is -2.43. The number of carbonyl (C=O) groups excluding carboxylic acids is 1. The minimum Gasteiger partial charge on any atom is -0.360 e. The average Bonchev–Trinajstić information content (AvgIpc) is 2.94. The summed E-state index contributed by atoms with van der Waals surface area (Å²) in [5.74, 6) is 0.494. The smallest absolute Gasteiger partial charge is 0.248 e. The van der Waals surface area contributed by atoms with Crippen molar-refractivity contribution in [2.75, 3.05) is 32.7 Å². The van der Waals surface area contributed by atoms with E-state index < -0.39 is 10.0 Å². The van der Waals surface area contributed by atoms with E-state index in [2.05, 4.69) is 10.1 Å². The molecular weight excluding hydrogens is 356 g/mol. The number of hydrogen-bond donors (Lipinski definition) is 0. The van der Waals surface area contributed by atoms with Crippen LogP contribution in [0.3, 0.4) is 0 Å². The first-order chi connectivity index (χ1) is 12.2. The third-order valence-corrected chi connectivity index (χ3v) is 7.49. The Morgan fingerprint density at radius 2 is 1.77 bits per heavy atom. The molecule has 2 aliphatic rings. The van der Waals surface area contributed by atoms with Gasteiger partial charge in [-0.25, -0.2) is 8.42 Å². The molecule has 3 rings (SSSR count). The van der Waals surface area contributed by atoms with E-state index in [0.29, 0.717) is 37.6 Å². The number of piperazine rings is 1. The van der Waals surface area contributed by atoms with Crippen LogP contribution in [-0.4, -0.2) is 78.4 Å². The molecule has 1 amide bonds. The topological polar surface area (TPSA) is 87.0 Å². The first-order valence-electron chi connectivity index (χ1n) is 9.21. The van der Waals surface area contributed by atoms with Crippen LogP contribution in [0.5, 0.6) is 0 Å². The van der Waals surface area contributed by atoms with Gasteiger partial charge in [0, 0.05) is 38.8 Å². The van der Waals surface area contributed by atoms with Crippen molar-refractivity contribution in [3.8, 4) is 0 Å². The Morgan fingerprint density at radius 3 is 2.31 bits per heavy atom. The van der Waals surface area contributed by atoms with Crippen molar-refractivity contribution in [2.24, 2.45) is 0 Å². The summed E-state index contributed by atoms with van der Waals surface area (Å²) in [6.07, 6.45) is 1.84. The van der Waals surface area contributed by atoms with Crippen LogP contribution in [0.4, 0.5) is 0 Å². The highest BCUT2D eigenvalue weighted by molar-refractivity contribution is 7.89. The molecule has 26 heavy (non-hydrogen) atoms. The van der Waals surface area contributed by atoms with Gasteiger partial charge >= 0.3 is 0 Å². The van der Waals surface area contributed by atoms with E-state index in [-0.39, 0.29) is 22.9 Å². The molecule has 146 valence electrons. The Balaban J connectivity index is 1.69. The Bertz CT molecular complexity index is 746. The minimum absolute atomic E-state index is 0.130. The molecule has 0 N–H and O–H groups in total. The normalized spacial score (nSPS) is 23.8. The summed E-state index contributed by atoms with van der Waals surface area (Å²) in [6.45, 7) is 10.0. The fourth-order valence-corrected chi connectivity index (χ4v) is 5.67. The van der Waals surface area contributed by atoms with E-state index >= 15 is 0 Å². The molecule has 2 aliphatic heterocycles. The van der Waals surface area contributed by atoms with E-state index in [1.165, 1.54) is 4.31 Å². The summed E-state index contributed by atoms with van der Waals surface area (Å²) in [5, 5.41) is 3.76. The lowest BCUT2D eigenvalue weighted by Crippen LogP contribution is -2.59. The molecule has 9 heteroatoms. The Kier molecular flexibility index (Phi) is 5.41. The quantitative estimate of drug-likeness (QED) is 0.770. The average molecular weight is 385 g/mol. The summed E-state index contributed by atoms with van der Waals surface area (Å²) < 4.78 is 32.3. The molecule has 0 unspecified atom stereocenters. The largest absolute Gasteiger partial charge is 0.360 e. The predicted molar refractivity (Wildman–Crippen MR) is 96.2 cm³/mol. The zero-order valence-corrected chi connectivity index (χ0v) is 16.8. The standard InChI is InChI=1S/C17H28N4O4S/c1-12(2)21-7-5-6-15(17(21)22)19-8-10-20(11-9-19)26(23,24)16-13(3)18-25-14(16)4/h12,15H,5-11H2,1-4H3/t15-/m0/s1. The maximum absolute atomic E-state index is 12.9. The molecule has 0 aliphatic carbocycles. The molecule has 1 aromatic rings. The van der Waals surface area contributed by atoms with Gasteiger partial charge < -0.3 is 9.42 Å². The van der Waals surface area contributed by atoms with Crippen LogP contribution < -0.4 is 0 Å². The van der Waals surface area contributed by atoms with E-state index in [4.69, 9.17) is 4.52 Å². The molecule has 2 fully saturated rings. The van der Waals surface area contributed by atoms with Gasteiger partial charge in [-0.05, 0) is 40.5 Å². The fraction of sp³-hybridized carbons (Fsp3) is 0.765. The number of aromatic nitrogens is 1. The molecule has 1 aromatic heterocycles. The summed E-state index contributed by atoms with van der Waals surface area (Å²) >= 11 is 0. The number of likely N-dealkylation sites (tertiary alicyclic amines) is 1. The van der Waals surface area contributed by atoms with Gasteiger partial charge in [-0.2, -0.15) is 4.31 Å². The SMILES string of the molecule is Cc1noc(C)c1S(=O)(=O)N1CCN([C@H]2CCCN(C(C)C)C2=O)CC1. The van der Waals surface area contributed by atoms with Gasteiger partial charge in [0.05, 0.1) is 6.04 Å².